The number of benzene rings is 2. The number of hydrogen-bond donors (Lipinski definition) is 2. The molecule has 0 radical (unpaired) electrons. The third-order valence-corrected chi connectivity index (χ3v) is 4.84. The third kappa shape index (κ3) is 3.85. The van der Waals surface area contributed by atoms with Gasteiger partial charge in [-0.1, -0.05) is 15.9 Å². The predicted octanol–water partition coefficient (Wildman–Crippen LogP) is 3.60. The Morgan fingerprint density at radius 2 is 1.75 bits per heavy atom. The van der Waals surface area contributed by atoms with Crippen molar-refractivity contribution >= 4 is 56.4 Å². The molecule has 0 aliphatic carbocycles. The van der Waals surface area contributed by atoms with Gasteiger partial charge in [0, 0.05) is 10.2 Å². The highest BCUT2D eigenvalue weighted by molar-refractivity contribution is 9.10. The van der Waals surface area contributed by atoms with Gasteiger partial charge in [0.1, 0.15) is 0 Å². The highest BCUT2D eigenvalue weighted by atomic mass is 79.9. The molecule has 14 heteroatoms. The molecule has 2 N–H and O–H groups in total. The van der Waals surface area contributed by atoms with Crippen molar-refractivity contribution in [2.45, 2.75) is 0 Å². The normalized spacial score (nSPS) is 12.4. The molecule has 32 heavy (non-hydrogen) atoms. The first-order valence-corrected chi connectivity index (χ1v) is 9.76. The summed E-state index contributed by atoms with van der Waals surface area (Å²) in [6, 6.07) is 10.1. The van der Waals surface area contributed by atoms with Gasteiger partial charge in [-0.15, -0.1) is 0 Å². The van der Waals surface area contributed by atoms with E-state index in [-0.39, 0.29) is 35.2 Å². The minimum atomic E-state index is -0.531. The van der Waals surface area contributed by atoms with Gasteiger partial charge in [0.15, 0.2) is 23.1 Å². The fourth-order valence-electron chi connectivity index (χ4n) is 2.84. The molecular formula is C18H11BrN8O5. The predicted molar refractivity (Wildman–Crippen MR) is 115 cm³/mol. The summed E-state index contributed by atoms with van der Waals surface area (Å²) in [5, 5.41) is 26.0. The van der Waals surface area contributed by atoms with Crippen LogP contribution in [-0.2, 0) is 0 Å². The number of halogens is 1. The number of hydrogen-bond acceptors (Lipinski definition) is 12. The Morgan fingerprint density at radius 1 is 1.06 bits per heavy atom. The maximum Gasteiger partial charge on any atom is 0.282 e. The molecule has 0 atom stereocenters. The van der Waals surface area contributed by atoms with E-state index in [0.29, 0.717) is 17.3 Å². The Balaban J connectivity index is 1.45. The van der Waals surface area contributed by atoms with Crippen molar-refractivity contribution < 1.29 is 19.0 Å². The number of fused-ring (bicyclic) bond motifs is 2. The zero-order valence-corrected chi connectivity index (χ0v) is 17.4. The van der Waals surface area contributed by atoms with E-state index in [1.807, 2.05) is 24.3 Å². The van der Waals surface area contributed by atoms with Crippen molar-refractivity contribution in [3.05, 3.63) is 56.5 Å². The standard InChI is InChI=1S/C18H11BrN8O5/c19-10-1-3-11(4-2-10)21-15-16(23-18-17(22-15)25-32-26-18)24-20-7-9-5-13-14(31-8-30-13)6-12(9)27(28)29/h1-7H,8H2,(H,21,22,25)(H,23,24,26). The van der Waals surface area contributed by atoms with Crippen molar-refractivity contribution in [3.8, 4) is 11.5 Å². The second-order valence-electron chi connectivity index (χ2n) is 6.36. The average molecular weight is 499 g/mol. The molecule has 0 unspecified atom stereocenters. The molecule has 3 heterocycles. The van der Waals surface area contributed by atoms with E-state index < -0.39 is 4.92 Å². The molecule has 0 spiro atoms. The first-order chi connectivity index (χ1) is 15.6. The third-order valence-electron chi connectivity index (χ3n) is 4.31. The molecule has 0 fully saturated rings. The molecule has 160 valence electrons. The van der Waals surface area contributed by atoms with E-state index in [4.69, 9.17) is 9.47 Å². The van der Waals surface area contributed by atoms with Gasteiger partial charge < -0.3 is 14.8 Å². The molecule has 4 aromatic rings. The fourth-order valence-corrected chi connectivity index (χ4v) is 3.11. The molecule has 1 aliphatic heterocycles. The minimum absolute atomic E-state index is 0.00222. The number of ether oxygens (including phenoxy) is 2. The van der Waals surface area contributed by atoms with E-state index in [1.54, 1.807) is 0 Å². The molecule has 1 aliphatic rings. The molecular weight excluding hydrogens is 488 g/mol. The van der Waals surface area contributed by atoms with Crippen LogP contribution in [0.15, 0.2) is 50.6 Å². The largest absolute Gasteiger partial charge is 0.454 e. The van der Waals surface area contributed by atoms with Crippen molar-refractivity contribution in [2.24, 2.45) is 5.10 Å². The SMILES string of the molecule is O=[N+]([O-])c1cc2c(cc1C=NNc1nc3nonc3nc1Nc1ccc(Br)cc1)OCO2. The van der Waals surface area contributed by atoms with Crippen LogP contribution in [0.3, 0.4) is 0 Å². The Hall–Kier alpha value is -4.33. The number of aromatic nitrogens is 4. The maximum atomic E-state index is 11.4. The zero-order valence-electron chi connectivity index (χ0n) is 15.9. The van der Waals surface area contributed by atoms with Crippen LogP contribution in [0.25, 0.3) is 11.3 Å². The van der Waals surface area contributed by atoms with Gasteiger partial charge in [-0.2, -0.15) is 10.1 Å². The summed E-state index contributed by atoms with van der Waals surface area (Å²) in [7, 11) is 0. The van der Waals surface area contributed by atoms with Gasteiger partial charge in [-0.05, 0) is 40.6 Å². The number of nitrogens with one attached hydrogen (secondary N) is 2. The topological polar surface area (TPSA) is 163 Å². The van der Waals surface area contributed by atoms with Gasteiger partial charge in [0.25, 0.3) is 5.69 Å². The lowest BCUT2D eigenvalue weighted by Gasteiger charge is -2.09. The van der Waals surface area contributed by atoms with Gasteiger partial charge in [0.2, 0.25) is 18.1 Å². The second kappa shape index (κ2) is 8.07. The molecule has 0 saturated carbocycles. The molecule has 0 saturated heterocycles. The van der Waals surface area contributed by atoms with Crippen LogP contribution >= 0.6 is 15.9 Å². The lowest BCUT2D eigenvalue weighted by atomic mass is 10.1. The van der Waals surface area contributed by atoms with Crippen LogP contribution in [0.2, 0.25) is 0 Å². The number of nitro groups is 1. The van der Waals surface area contributed by atoms with Crippen LogP contribution in [0.4, 0.5) is 23.0 Å². The Kier molecular flexibility index (Phi) is 4.95. The van der Waals surface area contributed by atoms with Crippen molar-refractivity contribution in [1.82, 2.24) is 20.3 Å². The summed E-state index contributed by atoms with van der Waals surface area (Å²) in [6.45, 7) is -0.00222. The molecule has 2 aromatic heterocycles. The van der Waals surface area contributed by atoms with Gasteiger partial charge >= 0.3 is 0 Å². The van der Waals surface area contributed by atoms with E-state index in [0.717, 1.165) is 10.2 Å². The van der Waals surface area contributed by atoms with Crippen LogP contribution in [0.1, 0.15) is 5.56 Å². The Labute approximate surface area is 186 Å². The number of rotatable bonds is 6. The summed E-state index contributed by atoms with van der Waals surface area (Å²) in [5.41, 5.74) is 3.86. The smallest absolute Gasteiger partial charge is 0.282 e. The average Bonchev–Trinajstić information content (AvgIpc) is 3.43. The van der Waals surface area contributed by atoms with Crippen molar-refractivity contribution in [2.75, 3.05) is 17.5 Å². The van der Waals surface area contributed by atoms with Gasteiger partial charge in [-0.25, -0.2) is 9.61 Å². The number of anilines is 3. The zero-order chi connectivity index (χ0) is 22.1. The number of nitrogens with zero attached hydrogens (tertiary/aromatic N) is 6. The molecule has 2 aromatic carbocycles. The summed E-state index contributed by atoms with van der Waals surface area (Å²) >= 11 is 3.38. The van der Waals surface area contributed by atoms with E-state index >= 15 is 0 Å². The molecule has 0 bridgehead atoms. The van der Waals surface area contributed by atoms with Crippen LogP contribution in [0, 0.1) is 10.1 Å². The fraction of sp³-hybridized carbons (Fsp3) is 0.0556. The monoisotopic (exact) mass is 498 g/mol. The molecule has 13 nitrogen and oxygen atoms in total. The van der Waals surface area contributed by atoms with Gasteiger partial charge in [0.05, 0.1) is 22.8 Å². The second-order valence-corrected chi connectivity index (χ2v) is 7.27. The Morgan fingerprint density at radius 3 is 2.47 bits per heavy atom. The highest BCUT2D eigenvalue weighted by Gasteiger charge is 2.22. The lowest BCUT2D eigenvalue weighted by Crippen LogP contribution is -2.03. The summed E-state index contributed by atoms with van der Waals surface area (Å²) in [6.07, 6.45) is 1.27. The first kappa shape index (κ1) is 19.6. The lowest BCUT2D eigenvalue weighted by molar-refractivity contribution is -0.385. The number of hydrazone groups is 1. The summed E-state index contributed by atoms with van der Waals surface area (Å²) in [5.74, 6) is 1.20. The van der Waals surface area contributed by atoms with Crippen LogP contribution in [-0.4, -0.2) is 38.2 Å². The maximum absolute atomic E-state index is 11.4. The van der Waals surface area contributed by atoms with Crippen LogP contribution < -0.4 is 20.2 Å². The quantitative estimate of drug-likeness (QED) is 0.226. The van der Waals surface area contributed by atoms with E-state index in [1.165, 1.54) is 18.3 Å². The van der Waals surface area contributed by atoms with Crippen molar-refractivity contribution in [1.29, 1.82) is 0 Å². The van der Waals surface area contributed by atoms with Gasteiger partial charge in [-0.3, -0.25) is 15.5 Å². The number of nitro benzene ring substituents is 1. The Bertz CT molecular complexity index is 1360. The molecule has 0 amide bonds. The highest BCUT2D eigenvalue weighted by Crippen LogP contribution is 2.37. The minimum Gasteiger partial charge on any atom is -0.454 e. The first-order valence-electron chi connectivity index (χ1n) is 8.97. The van der Waals surface area contributed by atoms with E-state index in [9.17, 15) is 10.1 Å². The van der Waals surface area contributed by atoms with Crippen LogP contribution in [0.5, 0.6) is 11.5 Å². The summed E-state index contributed by atoms with van der Waals surface area (Å²) in [4.78, 5) is 19.5. The van der Waals surface area contributed by atoms with Crippen molar-refractivity contribution in [3.63, 3.8) is 0 Å². The van der Waals surface area contributed by atoms with E-state index in [2.05, 4.69) is 56.7 Å². The summed E-state index contributed by atoms with van der Waals surface area (Å²) < 4.78 is 16.1. The molecule has 5 rings (SSSR count).